The van der Waals surface area contributed by atoms with Gasteiger partial charge in [0, 0.05) is 26.1 Å². The molecule has 0 heterocycles. The van der Waals surface area contributed by atoms with Crippen molar-refractivity contribution in [3.63, 3.8) is 0 Å². The zero-order valence-electron chi connectivity index (χ0n) is 17.7. The number of esters is 1. The molecule has 1 aromatic carbocycles. The van der Waals surface area contributed by atoms with E-state index in [9.17, 15) is 9.59 Å². The van der Waals surface area contributed by atoms with Crippen molar-refractivity contribution in [1.29, 1.82) is 0 Å². The van der Waals surface area contributed by atoms with Gasteiger partial charge in [-0.2, -0.15) is 0 Å². The van der Waals surface area contributed by atoms with E-state index < -0.39 is 0 Å². The van der Waals surface area contributed by atoms with Gasteiger partial charge in [0.2, 0.25) is 0 Å². The van der Waals surface area contributed by atoms with Crippen molar-refractivity contribution in [3.05, 3.63) is 35.9 Å². The fourth-order valence-corrected chi connectivity index (χ4v) is 2.73. The highest BCUT2D eigenvalue weighted by atomic mass is 16.5. The smallest absolute Gasteiger partial charge is 0.306 e. The van der Waals surface area contributed by atoms with Crippen molar-refractivity contribution < 1.29 is 23.8 Å². The van der Waals surface area contributed by atoms with Crippen LogP contribution < -0.4 is 0 Å². The highest BCUT2D eigenvalue weighted by Gasteiger charge is 2.21. The SMILES string of the molecule is CCC(C)(CC=O)CCOCCOCCC(C)CC(=O)OCc1ccccc1. The van der Waals surface area contributed by atoms with Gasteiger partial charge in [0.25, 0.3) is 0 Å². The van der Waals surface area contributed by atoms with Gasteiger partial charge in [-0.3, -0.25) is 4.79 Å². The minimum Gasteiger partial charge on any atom is -0.461 e. The van der Waals surface area contributed by atoms with Gasteiger partial charge in [-0.25, -0.2) is 0 Å². The topological polar surface area (TPSA) is 61.8 Å². The van der Waals surface area contributed by atoms with Crippen LogP contribution in [0.1, 0.15) is 58.4 Å². The molecule has 0 saturated carbocycles. The first-order chi connectivity index (χ1) is 13.5. The lowest BCUT2D eigenvalue weighted by Gasteiger charge is -2.25. The Morgan fingerprint density at radius 3 is 2.43 bits per heavy atom. The first-order valence-corrected chi connectivity index (χ1v) is 10.3. The summed E-state index contributed by atoms with van der Waals surface area (Å²) in [6.45, 7) is 8.92. The average Bonchev–Trinajstić information content (AvgIpc) is 2.69. The average molecular weight is 393 g/mol. The quantitative estimate of drug-likeness (QED) is 0.234. The molecule has 158 valence electrons. The summed E-state index contributed by atoms with van der Waals surface area (Å²) in [7, 11) is 0. The van der Waals surface area contributed by atoms with Crippen LogP contribution >= 0.6 is 0 Å². The third kappa shape index (κ3) is 11.2. The summed E-state index contributed by atoms with van der Waals surface area (Å²) in [6, 6.07) is 9.69. The van der Waals surface area contributed by atoms with Crippen LogP contribution in [-0.4, -0.2) is 38.7 Å². The van der Waals surface area contributed by atoms with Crippen LogP contribution in [0.4, 0.5) is 0 Å². The second-order valence-electron chi connectivity index (χ2n) is 7.75. The van der Waals surface area contributed by atoms with Crippen LogP contribution in [0.15, 0.2) is 30.3 Å². The molecule has 5 heteroatoms. The molecule has 1 rings (SSSR count). The predicted molar refractivity (Wildman–Crippen MR) is 110 cm³/mol. The molecule has 0 bridgehead atoms. The van der Waals surface area contributed by atoms with Crippen molar-refractivity contribution in [2.75, 3.05) is 26.4 Å². The third-order valence-corrected chi connectivity index (χ3v) is 5.16. The second-order valence-corrected chi connectivity index (χ2v) is 7.75. The Labute approximate surface area is 169 Å². The second kappa shape index (κ2) is 14.3. The number of benzene rings is 1. The van der Waals surface area contributed by atoms with E-state index in [-0.39, 0.29) is 17.3 Å². The van der Waals surface area contributed by atoms with Gasteiger partial charge >= 0.3 is 5.97 Å². The van der Waals surface area contributed by atoms with Crippen molar-refractivity contribution in [2.24, 2.45) is 11.3 Å². The first-order valence-electron chi connectivity index (χ1n) is 10.3. The summed E-state index contributed by atoms with van der Waals surface area (Å²) in [5.41, 5.74) is 1.03. The molecule has 0 amide bonds. The molecule has 2 unspecified atom stereocenters. The summed E-state index contributed by atoms with van der Waals surface area (Å²) in [5.74, 6) is 0.0479. The summed E-state index contributed by atoms with van der Waals surface area (Å²) in [5, 5.41) is 0. The van der Waals surface area contributed by atoms with Crippen molar-refractivity contribution in [3.8, 4) is 0 Å². The van der Waals surface area contributed by atoms with Gasteiger partial charge in [-0.05, 0) is 29.7 Å². The van der Waals surface area contributed by atoms with Crippen LogP contribution in [0.2, 0.25) is 0 Å². The maximum atomic E-state index is 11.9. The van der Waals surface area contributed by atoms with E-state index in [4.69, 9.17) is 14.2 Å². The molecular formula is C23H36O5. The molecule has 1 aromatic rings. The lowest BCUT2D eigenvalue weighted by Crippen LogP contribution is -2.19. The molecule has 0 spiro atoms. The molecule has 0 saturated heterocycles. The maximum Gasteiger partial charge on any atom is 0.306 e. The largest absolute Gasteiger partial charge is 0.461 e. The molecule has 2 atom stereocenters. The third-order valence-electron chi connectivity index (χ3n) is 5.16. The highest BCUT2D eigenvalue weighted by Crippen LogP contribution is 2.28. The van der Waals surface area contributed by atoms with E-state index in [1.807, 2.05) is 37.3 Å². The van der Waals surface area contributed by atoms with Crippen LogP contribution in [-0.2, 0) is 30.4 Å². The molecule has 0 fully saturated rings. The van der Waals surface area contributed by atoms with E-state index in [1.54, 1.807) is 0 Å². The number of aldehydes is 1. The van der Waals surface area contributed by atoms with Crippen molar-refractivity contribution in [2.45, 2.75) is 59.5 Å². The summed E-state index contributed by atoms with van der Waals surface area (Å²) in [4.78, 5) is 22.6. The van der Waals surface area contributed by atoms with E-state index >= 15 is 0 Å². The number of rotatable bonds is 16. The Hall–Kier alpha value is -1.72. The number of ether oxygens (including phenoxy) is 3. The fraction of sp³-hybridized carbons (Fsp3) is 0.652. The Balaban J connectivity index is 2.00. The van der Waals surface area contributed by atoms with Gasteiger partial charge in [0.05, 0.1) is 13.2 Å². The van der Waals surface area contributed by atoms with Crippen molar-refractivity contribution in [1.82, 2.24) is 0 Å². The Bertz CT molecular complexity index is 545. The fourth-order valence-electron chi connectivity index (χ4n) is 2.73. The minimum absolute atomic E-state index is 0.0349. The predicted octanol–water partition coefficient (Wildman–Crippen LogP) is 4.57. The van der Waals surface area contributed by atoms with Crippen LogP contribution in [0.5, 0.6) is 0 Å². The van der Waals surface area contributed by atoms with E-state index in [0.29, 0.717) is 45.9 Å². The zero-order chi connectivity index (χ0) is 20.7. The molecule has 0 aliphatic rings. The van der Waals surface area contributed by atoms with E-state index in [0.717, 1.165) is 31.1 Å². The molecule has 5 nitrogen and oxygen atoms in total. The van der Waals surface area contributed by atoms with Crippen LogP contribution in [0.3, 0.4) is 0 Å². The lowest BCUT2D eigenvalue weighted by atomic mass is 9.82. The molecule has 0 aliphatic carbocycles. The number of carbonyl (C=O) groups excluding carboxylic acids is 2. The monoisotopic (exact) mass is 392 g/mol. The summed E-state index contributed by atoms with van der Waals surface area (Å²) in [6.07, 6.45) is 4.63. The van der Waals surface area contributed by atoms with Gasteiger partial charge < -0.3 is 19.0 Å². The normalized spacial score (nSPS) is 14.2. The molecular weight excluding hydrogens is 356 g/mol. The molecule has 0 radical (unpaired) electrons. The lowest BCUT2D eigenvalue weighted by molar-refractivity contribution is -0.146. The number of hydrogen-bond acceptors (Lipinski definition) is 5. The Morgan fingerprint density at radius 2 is 1.79 bits per heavy atom. The number of hydrogen-bond donors (Lipinski definition) is 0. The molecule has 0 aliphatic heterocycles. The first kappa shape index (κ1) is 24.3. The highest BCUT2D eigenvalue weighted by molar-refractivity contribution is 5.69. The summed E-state index contributed by atoms with van der Waals surface area (Å²) < 4.78 is 16.5. The van der Waals surface area contributed by atoms with Gasteiger partial charge in [0.15, 0.2) is 0 Å². The van der Waals surface area contributed by atoms with Gasteiger partial charge in [-0.15, -0.1) is 0 Å². The van der Waals surface area contributed by atoms with E-state index in [1.165, 1.54) is 0 Å². The standard InChI is InChI=1S/C23H36O5/c1-4-23(3,11-13-24)12-15-27-17-16-26-14-10-20(2)18-22(25)28-19-21-8-6-5-7-9-21/h5-9,13,20H,4,10-12,14-19H2,1-3H3. The molecule has 0 aromatic heterocycles. The Morgan fingerprint density at radius 1 is 1.11 bits per heavy atom. The van der Waals surface area contributed by atoms with Crippen LogP contribution in [0.25, 0.3) is 0 Å². The van der Waals surface area contributed by atoms with Gasteiger partial charge in [-0.1, -0.05) is 57.5 Å². The van der Waals surface area contributed by atoms with Gasteiger partial charge in [0.1, 0.15) is 12.9 Å². The minimum atomic E-state index is -0.172. The van der Waals surface area contributed by atoms with Crippen molar-refractivity contribution >= 4 is 12.3 Å². The maximum absolute atomic E-state index is 11.9. The summed E-state index contributed by atoms with van der Waals surface area (Å²) >= 11 is 0. The molecule has 0 N–H and O–H groups in total. The zero-order valence-corrected chi connectivity index (χ0v) is 17.7. The molecule has 28 heavy (non-hydrogen) atoms. The van der Waals surface area contributed by atoms with Crippen LogP contribution in [0, 0.1) is 11.3 Å². The van der Waals surface area contributed by atoms with E-state index in [2.05, 4.69) is 13.8 Å². The number of carbonyl (C=O) groups is 2. The Kier molecular flexibility index (Phi) is 12.4.